The molecule has 0 aliphatic rings. The zero-order chi connectivity index (χ0) is 14.1. The van der Waals surface area contributed by atoms with Crippen molar-refractivity contribution in [2.45, 2.75) is 13.0 Å². The fourth-order valence-corrected chi connectivity index (χ4v) is 1.72. The third kappa shape index (κ3) is 7.54. The zero-order valence-electron chi connectivity index (χ0n) is 12.4. The molecule has 0 heterocycles. The summed E-state index contributed by atoms with van der Waals surface area (Å²) in [7, 11) is 3.71. The van der Waals surface area contributed by atoms with Gasteiger partial charge in [-0.1, -0.05) is 18.2 Å². The molecule has 0 fully saturated rings. The van der Waals surface area contributed by atoms with E-state index < -0.39 is 0 Å². The minimum absolute atomic E-state index is 0. The van der Waals surface area contributed by atoms with Gasteiger partial charge in [-0.2, -0.15) is 0 Å². The summed E-state index contributed by atoms with van der Waals surface area (Å²) in [5.41, 5.74) is 6.97. The number of para-hydroxylation sites is 1. The van der Waals surface area contributed by atoms with Gasteiger partial charge in [0.1, 0.15) is 0 Å². The Labute approximate surface area is 138 Å². The van der Waals surface area contributed by atoms with Crippen molar-refractivity contribution < 1.29 is 4.74 Å². The van der Waals surface area contributed by atoms with E-state index in [0.717, 1.165) is 6.54 Å². The quantitative estimate of drug-likeness (QED) is 0.421. The van der Waals surface area contributed by atoms with Crippen LogP contribution in [0.25, 0.3) is 0 Å². The van der Waals surface area contributed by atoms with Crippen molar-refractivity contribution >= 4 is 35.6 Å². The molecular formula is C14H25IN4O. The number of nitrogens with zero attached hydrogens (tertiary/aromatic N) is 2. The number of guanidine groups is 1. The lowest BCUT2D eigenvalue weighted by atomic mass is 10.3. The number of benzene rings is 1. The summed E-state index contributed by atoms with van der Waals surface area (Å²) < 4.78 is 5.02. The van der Waals surface area contributed by atoms with Gasteiger partial charge in [0.05, 0.1) is 13.2 Å². The fourth-order valence-electron chi connectivity index (χ4n) is 1.72. The lowest BCUT2D eigenvalue weighted by Crippen LogP contribution is -2.41. The highest BCUT2D eigenvalue weighted by Crippen LogP contribution is 2.09. The van der Waals surface area contributed by atoms with Crippen LogP contribution in [0.1, 0.15) is 6.92 Å². The topological polar surface area (TPSA) is 62.9 Å². The molecule has 0 saturated carbocycles. The second-order valence-corrected chi connectivity index (χ2v) is 4.52. The summed E-state index contributed by atoms with van der Waals surface area (Å²) in [6.45, 7) is 4.09. The van der Waals surface area contributed by atoms with Gasteiger partial charge in [0, 0.05) is 32.4 Å². The Balaban J connectivity index is 0.00000361. The maximum Gasteiger partial charge on any atom is 0.188 e. The van der Waals surface area contributed by atoms with Crippen LogP contribution in [-0.2, 0) is 4.74 Å². The largest absolute Gasteiger partial charge is 0.383 e. The van der Waals surface area contributed by atoms with Crippen LogP contribution in [0.3, 0.4) is 0 Å². The second-order valence-electron chi connectivity index (χ2n) is 4.52. The number of likely N-dealkylation sites (N-methyl/N-ethyl adjacent to an activating group) is 1. The number of aliphatic imine (C=N–C) groups is 1. The Hall–Kier alpha value is -1.02. The number of nitrogens with one attached hydrogen (secondary N) is 1. The van der Waals surface area contributed by atoms with Gasteiger partial charge in [-0.25, -0.2) is 0 Å². The molecule has 0 radical (unpaired) electrons. The van der Waals surface area contributed by atoms with Crippen molar-refractivity contribution in [2.24, 2.45) is 10.7 Å². The van der Waals surface area contributed by atoms with Crippen LogP contribution in [0.2, 0.25) is 0 Å². The maximum atomic E-state index is 5.79. The molecule has 1 aromatic rings. The molecule has 1 unspecified atom stereocenters. The summed E-state index contributed by atoms with van der Waals surface area (Å²) in [6.07, 6.45) is 0. The number of ether oxygens (including phenoxy) is 1. The van der Waals surface area contributed by atoms with E-state index in [2.05, 4.69) is 27.3 Å². The lowest BCUT2D eigenvalue weighted by molar-refractivity contribution is 0.179. The number of rotatable bonds is 7. The van der Waals surface area contributed by atoms with Gasteiger partial charge >= 0.3 is 0 Å². The number of halogens is 1. The van der Waals surface area contributed by atoms with E-state index in [1.54, 1.807) is 7.11 Å². The minimum Gasteiger partial charge on any atom is -0.383 e. The van der Waals surface area contributed by atoms with Gasteiger partial charge in [0.2, 0.25) is 0 Å². The molecule has 20 heavy (non-hydrogen) atoms. The van der Waals surface area contributed by atoms with E-state index in [1.165, 1.54) is 5.69 Å². The van der Waals surface area contributed by atoms with E-state index in [0.29, 0.717) is 19.1 Å². The van der Waals surface area contributed by atoms with E-state index in [1.807, 2.05) is 32.2 Å². The first-order valence-corrected chi connectivity index (χ1v) is 6.45. The van der Waals surface area contributed by atoms with Gasteiger partial charge in [0.15, 0.2) is 5.96 Å². The Bertz CT molecular complexity index is 386. The molecule has 3 N–H and O–H groups in total. The number of methoxy groups -OCH3 is 1. The van der Waals surface area contributed by atoms with Crippen LogP contribution < -0.4 is 16.0 Å². The Morgan fingerprint density at radius 1 is 1.40 bits per heavy atom. The highest BCUT2D eigenvalue weighted by Gasteiger charge is 2.02. The molecule has 114 valence electrons. The summed E-state index contributed by atoms with van der Waals surface area (Å²) >= 11 is 0. The van der Waals surface area contributed by atoms with Crippen LogP contribution in [0.5, 0.6) is 0 Å². The van der Waals surface area contributed by atoms with Crippen LogP contribution in [-0.4, -0.2) is 45.9 Å². The average Bonchev–Trinajstić information content (AvgIpc) is 2.39. The van der Waals surface area contributed by atoms with E-state index >= 15 is 0 Å². The molecule has 0 amide bonds. The second kappa shape index (κ2) is 10.7. The van der Waals surface area contributed by atoms with Gasteiger partial charge in [0.25, 0.3) is 0 Å². The van der Waals surface area contributed by atoms with Gasteiger partial charge in [-0.15, -0.1) is 24.0 Å². The van der Waals surface area contributed by atoms with E-state index in [4.69, 9.17) is 10.5 Å². The van der Waals surface area contributed by atoms with Gasteiger partial charge < -0.3 is 20.7 Å². The molecule has 5 nitrogen and oxygen atoms in total. The van der Waals surface area contributed by atoms with Crippen LogP contribution in [0, 0.1) is 0 Å². The summed E-state index contributed by atoms with van der Waals surface area (Å²) in [5.74, 6) is 0.464. The van der Waals surface area contributed by atoms with Crippen molar-refractivity contribution in [1.82, 2.24) is 5.32 Å². The molecule has 6 heteroatoms. The number of nitrogens with two attached hydrogens (primary N) is 1. The SMILES string of the molecule is COCC(C)NC(N)=NCCN(C)c1ccccc1.I. The predicted octanol–water partition coefficient (Wildman–Crippen LogP) is 1.68. The first-order chi connectivity index (χ1) is 9.13. The molecule has 0 aliphatic carbocycles. The maximum absolute atomic E-state index is 5.79. The third-order valence-electron chi connectivity index (χ3n) is 2.73. The molecule has 0 bridgehead atoms. The van der Waals surface area contributed by atoms with E-state index in [-0.39, 0.29) is 30.0 Å². The molecule has 1 rings (SSSR count). The van der Waals surface area contributed by atoms with E-state index in [9.17, 15) is 0 Å². The third-order valence-corrected chi connectivity index (χ3v) is 2.73. The monoisotopic (exact) mass is 392 g/mol. The standard InChI is InChI=1S/C14H24N4O.HI/c1-12(11-19-3)17-14(15)16-9-10-18(2)13-7-5-4-6-8-13;/h4-8,12H,9-11H2,1-3H3,(H3,15,16,17);1H. The van der Waals surface area contributed by atoms with Crippen molar-refractivity contribution in [3.63, 3.8) is 0 Å². The van der Waals surface area contributed by atoms with Gasteiger partial charge in [-0.3, -0.25) is 4.99 Å². The van der Waals surface area contributed by atoms with Crippen LogP contribution >= 0.6 is 24.0 Å². The highest BCUT2D eigenvalue weighted by atomic mass is 127. The molecular weight excluding hydrogens is 367 g/mol. The summed E-state index contributed by atoms with van der Waals surface area (Å²) in [5, 5.41) is 3.08. The molecule has 0 aromatic heterocycles. The normalized spacial score (nSPS) is 12.4. The minimum atomic E-state index is 0. The Kier molecular flexibility index (Phi) is 10.2. The number of hydrogen-bond donors (Lipinski definition) is 2. The summed E-state index contributed by atoms with van der Waals surface area (Å²) in [6, 6.07) is 10.4. The Morgan fingerprint density at radius 3 is 2.65 bits per heavy atom. The first-order valence-electron chi connectivity index (χ1n) is 6.45. The molecule has 0 saturated heterocycles. The number of anilines is 1. The average molecular weight is 392 g/mol. The number of hydrogen-bond acceptors (Lipinski definition) is 3. The predicted molar refractivity (Wildman–Crippen MR) is 96.1 cm³/mol. The van der Waals surface area contributed by atoms with Crippen molar-refractivity contribution in [3.8, 4) is 0 Å². The fraction of sp³-hybridized carbons (Fsp3) is 0.500. The first kappa shape index (κ1) is 19.0. The summed E-state index contributed by atoms with van der Waals surface area (Å²) in [4.78, 5) is 6.45. The van der Waals surface area contributed by atoms with Crippen molar-refractivity contribution in [3.05, 3.63) is 30.3 Å². The molecule has 0 spiro atoms. The lowest BCUT2D eigenvalue weighted by Gasteiger charge is -2.18. The Morgan fingerprint density at radius 2 is 2.05 bits per heavy atom. The van der Waals surface area contributed by atoms with Crippen molar-refractivity contribution in [2.75, 3.05) is 38.8 Å². The molecule has 0 aliphatic heterocycles. The van der Waals surface area contributed by atoms with Crippen molar-refractivity contribution in [1.29, 1.82) is 0 Å². The molecule has 1 aromatic carbocycles. The zero-order valence-corrected chi connectivity index (χ0v) is 14.7. The van der Waals surface area contributed by atoms with Gasteiger partial charge in [-0.05, 0) is 19.1 Å². The smallest absolute Gasteiger partial charge is 0.188 e. The highest BCUT2D eigenvalue weighted by molar-refractivity contribution is 14.0. The van der Waals surface area contributed by atoms with Crippen LogP contribution in [0.4, 0.5) is 5.69 Å². The van der Waals surface area contributed by atoms with Crippen LogP contribution in [0.15, 0.2) is 35.3 Å². The molecule has 1 atom stereocenters.